The minimum absolute atomic E-state index is 0.0386. The number of hydrogen-bond acceptors (Lipinski definition) is 4. The summed E-state index contributed by atoms with van der Waals surface area (Å²) in [5.74, 6) is -0.365. The summed E-state index contributed by atoms with van der Waals surface area (Å²) in [5.41, 5.74) is 11.2. The first-order chi connectivity index (χ1) is 20.5. The molecule has 45 heavy (non-hydrogen) atoms. The second-order valence-corrected chi connectivity index (χ2v) is 18.1. The van der Waals surface area contributed by atoms with Crippen molar-refractivity contribution >= 4 is 29.5 Å². The Bertz CT molecular complexity index is 1650. The molecule has 1 heterocycles. The second kappa shape index (κ2) is 12.0. The molecule has 1 aromatic heterocycles. The SMILES string of the molecule is COC(=O)c1sc(=S)n(-c2c(-c3cc(C(C)(C)C)cc(C(C)(C)C)c3)cccc2-c2cc(C(C)(C)C)cc(C(C)(C)C)c2)c1C. The van der Waals surface area contributed by atoms with E-state index in [1.807, 2.05) is 6.92 Å². The van der Waals surface area contributed by atoms with Gasteiger partial charge in [-0.15, -0.1) is 0 Å². The summed E-state index contributed by atoms with van der Waals surface area (Å²) in [6.45, 7) is 29.2. The number of esters is 1. The van der Waals surface area contributed by atoms with Crippen molar-refractivity contribution in [3.05, 3.63) is 91.4 Å². The highest BCUT2D eigenvalue weighted by molar-refractivity contribution is 7.73. The zero-order valence-electron chi connectivity index (χ0n) is 29.8. The van der Waals surface area contributed by atoms with Gasteiger partial charge in [-0.3, -0.25) is 4.57 Å². The van der Waals surface area contributed by atoms with E-state index < -0.39 is 0 Å². The maximum absolute atomic E-state index is 12.9. The number of hydrogen-bond donors (Lipinski definition) is 0. The highest BCUT2D eigenvalue weighted by atomic mass is 32.1. The second-order valence-electron chi connectivity index (χ2n) is 16.4. The number of rotatable bonds is 4. The molecular formula is C40H51NO2S2. The van der Waals surface area contributed by atoms with Crippen molar-refractivity contribution in [3.8, 4) is 27.9 Å². The zero-order chi connectivity index (χ0) is 33.9. The molecule has 3 nitrogen and oxygen atoms in total. The molecule has 0 fully saturated rings. The highest BCUT2D eigenvalue weighted by Gasteiger charge is 2.27. The van der Waals surface area contributed by atoms with Crippen LogP contribution in [0.1, 0.15) is 121 Å². The van der Waals surface area contributed by atoms with Crippen molar-refractivity contribution in [2.45, 2.75) is 112 Å². The Hall–Kier alpha value is -3.02. The van der Waals surface area contributed by atoms with Crippen molar-refractivity contribution in [3.63, 3.8) is 0 Å². The lowest BCUT2D eigenvalue weighted by molar-refractivity contribution is 0.0605. The van der Waals surface area contributed by atoms with Crippen LogP contribution in [0.15, 0.2) is 54.6 Å². The lowest BCUT2D eigenvalue weighted by atomic mass is 9.77. The smallest absolute Gasteiger partial charge is 0.349 e. The van der Waals surface area contributed by atoms with Gasteiger partial charge in [-0.05, 0) is 74.2 Å². The topological polar surface area (TPSA) is 31.2 Å². The van der Waals surface area contributed by atoms with Gasteiger partial charge >= 0.3 is 5.97 Å². The molecule has 4 aromatic rings. The average Bonchev–Trinajstić information content (AvgIpc) is 3.22. The van der Waals surface area contributed by atoms with E-state index >= 15 is 0 Å². The summed E-state index contributed by atoms with van der Waals surface area (Å²) in [5, 5.41) is 0. The first-order valence-corrected chi connectivity index (χ1v) is 17.0. The maximum atomic E-state index is 12.9. The molecule has 0 atom stereocenters. The predicted octanol–water partition coefficient (Wildman–Crippen LogP) is 11.9. The Morgan fingerprint density at radius 1 is 0.667 bits per heavy atom. The molecule has 0 aliphatic heterocycles. The first-order valence-electron chi connectivity index (χ1n) is 15.8. The van der Waals surface area contributed by atoms with Crippen LogP contribution in [0, 0.1) is 10.9 Å². The number of para-hydroxylation sites is 1. The van der Waals surface area contributed by atoms with E-state index in [4.69, 9.17) is 17.0 Å². The van der Waals surface area contributed by atoms with Gasteiger partial charge in [-0.1, -0.05) is 149 Å². The van der Waals surface area contributed by atoms with Gasteiger partial charge in [0.25, 0.3) is 0 Å². The van der Waals surface area contributed by atoms with E-state index in [1.165, 1.54) is 40.7 Å². The number of aromatic nitrogens is 1. The van der Waals surface area contributed by atoms with Crippen LogP contribution >= 0.6 is 23.6 Å². The van der Waals surface area contributed by atoms with Gasteiger partial charge in [0.2, 0.25) is 0 Å². The molecule has 240 valence electrons. The van der Waals surface area contributed by atoms with Gasteiger partial charge in [0.1, 0.15) is 4.88 Å². The Labute approximate surface area is 280 Å². The molecule has 5 heteroatoms. The van der Waals surface area contributed by atoms with Gasteiger partial charge < -0.3 is 4.74 Å². The largest absolute Gasteiger partial charge is 0.465 e. The molecule has 0 spiro atoms. The summed E-state index contributed by atoms with van der Waals surface area (Å²) >= 11 is 7.35. The van der Waals surface area contributed by atoms with Crippen molar-refractivity contribution in [1.29, 1.82) is 0 Å². The quantitative estimate of drug-likeness (QED) is 0.164. The number of ether oxygens (including phenoxy) is 1. The Morgan fingerprint density at radius 2 is 1.02 bits per heavy atom. The fourth-order valence-electron chi connectivity index (χ4n) is 5.53. The number of benzene rings is 3. The maximum Gasteiger partial charge on any atom is 0.349 e. The lowest BCUT2D eigenvalue weighted by Crippen LogP contribution is -2.17. The van der Waals surface area contributed by atoms with Gasteiger partial charge in [-0.25, -0.2) is 4.79 Å². The monoisotopic (exact) mass is 641 g/mol. The Balaban J connectivity index is 2.22. The van der Waals surface area contributed by atoms with E-state index in [2.05, 4.69) is 142 Å². The Kier molecular flexibility index (Phi) is 9.27. The van der Waals surface area contributed by atoms with E-state index in [9.17, 15) is 4.79 Å². The molecule has 0 saturated carbocycles. The van der Waals surface area contributed by atoms with Gasteiger partial charge in [0.05, 0.1) is 12.8 Å². The standard InChI is InChI=1S/C40H51NO2S2/c1-24-34(35(42)43-14)45-36(44)41(24)33-31(25-18-27(37(2,3)4)22-28(19-25)38(5,6)7)16-15-17-32(33)26-20-29(39(8,9)10)23-30(21-26)40(11,12)13/h15-23H,1-14H3. The molecule has 0 radical (unpaired) electrons. The van der Waals surface area contributed by atoms with E-state index in [0.29, 0.717) is 8.83 Å². The predicted molar refractivity (Wildman–Crippen MR) is 196 cm³/mol. The first kappa shape index (κ1) is 34.8. The van der Waals surface area contributed by atoms with Crippen LogP contribution in [0.3, 0.4) is 0 Å². The molecule has 0 amide bonds. The molecule has 0 saturated heterocycles. The normalized spacial score (nSPS) is 12.8. The van der Waals surface area contributed by atoms with Crippen LogP contribution in [0.4, 0.5) is 0 Å². The average molecular weight is 642 g/mol. The van der Waals surface area contributed by atoms with E-state index in [-0.39, 0.29) is 27.6 Å². The zero-order valence-corrected chi connectivity index (χ0v) is 31.4. The van der Waals surface area contributed by atoms with Gasteiger partial charge in [0, 0.05) is 16.8 Å². The van der Waals surface area contributed by atoms with Gasteiger partial charge in [0.15, 0.2) is 3.95 Å². The molecule has 0 bridgehead atoms. The fourth-order valence-corrected chi connectivity index (χ4v) is 6.91. The molecule has 4 rings (SSSR count). The summed E-state index contributed by atoms with van der Waals surface area (Å²) in [6.07, 6.45) is 0. The fraction of sp³-hybridized carbons (Fsp3) is 0.450. The minimum Gasteiger partial charge on any atom is -0.465 e. The van der Waals surface area contributed by atoms with E-state index in [0.717, 1.165) is 33.6 Å². The summed E-state index contributed by atoms with van der Waals surface area (Å²) in [6, 6.07) is 20.6. The number of carbonyl (C=O) groups is 1. The Morgan fingerprint density at radius 3 is 1.33 bits per heavy atom. The van der Waals surface area contributed by atoms with Gasteiger partial charge in [-0.2, -0.15) is 0 Å². The van der Waals surface area contributed by atoms with Crippen LogP contribution in [-0.2, 0) is 26.4 Å². The lowest BCUT2D eigenvalue weighted by Gasteiger charge is -2.28. The number of methoxy groups -OCH3 is 1. The number of thiazole rings is 1. The van der Waals surface area contributed by atoms with Crippen molar-refractivity contribution in [2.24, 2.45) is 0 Å². The van der Waals surface area contributed by atoms with Crippen molar-refractivity contribution in [1.82, 2.24) is 4.57 Å². The van der Waals surface area contributed by atoms with Crippen LogP contribution < -0.4 is 0 Å². The molecule has 0 aliphatic rings. The minimum atomic E-state index is -0.365. The summed E-state index contributed by atoms with van der Waals surface area (Å²) < 4.78 is 7.89. The summed E-state index contributed by atoms with van der Waals surface area (Å²) in [4.78, 5) is 13.4. The van der Waals surface area contributed by atoms with Crippen LogP contribution in [0.25, 0.3) is 27.9 Å². The third-order valence-corrected chi connectivity index (χ3v) is 10.1. The van der Waals surface area contributed by atoms with Crippen LogP contribution in [0.2, 0.25) is 0 Å². The molecule has 0 aliphatic carbocycles. The van der Waals surface area contributed by atoms with Crippen LogP contribution in [-0.4, -0.2) is 17.6 Å². The third kappa shape index (κ3) is 7.20. The highest BCUT2D eigenvalue weighted by Crippen LogP contribution is 2.43. The van der Waals surface area contributed by atoms with E-state index in [1.54, 1.807) is 0 Å². The molecular weight excluding hydrogens is 591 g/mol. The molecule has 3 aromatic carbocycles. The molecule has 0 unspecified atom stereocenters. The number of nitrogens with zero attached hydrogens (tertiary/aromatic N) is 1. The number of carbonyl (C=O) groups excluding carboxylic acids is 1. The van der Waals surface area contributed by atoms with Crippen molar-refractivity contribution in [2.75, 3.05) is 7.11 Å². The third-order valence-electron chi connectivity index (χ3n) is 8.62. The van der Waals surface area contributed by atoms with Crippen molar-refractivity contribution < 1.29 is 9.53 Å². The van der Waals surface area contributed by atoms with Crippen LogP contribution in [0.5, 0.6) is 0 Å². The summed E-state index contributed by atoms with van der Waals surface area (Å²) in [7, 11) is 1.42. The molecule has 0 N–H and O–H groups in total.